The summed E-state index contributed by atoms with van der Waals surface area (Å²) in [6, 6.07) is 5.09. The molecule has 0 saturated carbocycles. The molecule has 0 saturated heterocycles. The van der Waals surface area contributed by atoms with E-state index in [1.54, 1.807) is 0 Å². The minimum absolute atomic E-state index is 0.615. The number of hydrogen-bond donors (Lipinski definition) is 1. The highest BCUT2D eigenvalue weighted by Crippen LogP contribution is 2.18. The largest absolute Gasteiger partial charge is 0.312 e. The maximum absolute atomic E-state index is 3.35. The maximum Gasteiger partial charge on any atom is 0.0327 e. The van der Waals surface area contributed by atoms with E-state index in [-0.39, 0.29) is 0 Å². The van der Waals surface area contributed by atoms with Crippen molar-refractivity contribution in [2.45, 2.75) is 39.9 Å². The van der Waals surface area contributed by atoms with Crippen LogP contribution in [-0.2, 0) is 13.1 Å². The van der Waals surface area contributed by atoms with Gasteiger partial charge in [-0.2, -0.15) is 0 Å². The Kier molecular flexibility index (Phi) is 5.29. The lowest BCUT2D eigenvalue weighted by Gasteiger charge is -2.19. The van der Waals surface area contributed by atoms with Gasteiger partial charge in [-0.15, -0.1) is 11.3 Å². The van der Waals surface area contributed by atoms with Crippen LogP contribution >= 0.6 is 11.3 Å². The van der Waals surface area contributed by atoms with Crippen LogP contribution in [0.2, 0.25) is 0 Å². The first-order valence-corrected chi connectivity index (χ1v) is 6.43. The molecule has 0 aliphatic carbocycles. The van der Waals surface area contributed by atoms with Gasteiger partial charge >= 0.3 is 0 Å². The van der Waals surface area contributed by atoms with Crippen molar-refractivity contribution in [3.05, 3.63) is 21.9 Å². The van der Waals surface area contributed by atoms with Crippen LogP contribution in [-0.4, -0.2) is 24.5 Å². The molecule has 1 N–H and O–H groups in total. The van der Waals surface area contributed by atoms with Gasteiger partial charge in [0.1, 0.15) is 0 Å². The first kappa shape index (κ1) is 12.7. The Labute approximate surface area is 97.3 Å². The summed E-state index contributed by atoms with van der Waals surface area (Å²) in [7, 11) is 2.17. The van der Waals surface area contributed by atoms with Gasteiger partial charge in [0.2, 0.25) is 0 Å². The lowest BCUT2D eigenvalue weighted by atomic mass is 10.3. The molecule has 0 bridgehead atoms. The van der Waals surface area contributed by atoms with E-state index in [9.17, 15) is 0 Å². The van der Waals surface area contributed by atoms with Gasteiger partial charge in [0, 0.05) is 28.9 Å². The third-order valence-electron chi connectivity index (χ3n) is 2.55. The monoisotopic (exact) mass is 226 g/mol. The Balaban J connectivity index is 2.45. The topological polar surface area (TPSA) is 15.3 Å². The van der Waals surface area contributed by atoms with Crippen molar-refractivity contribution >= 4 is 11.3 Å². The predicted octanol–water partition coefficient (Wildman–Crippen LogP) is 2.70. The van der Waals surface area contributed by atoms with E-state index in [0.29, 0.717) is 6.04 Å². The normalized spacial score (nSPS) is 11.6. The summed E-state index contributed by atoms with van der Waals surface area (Å²) in [4.78, 5) is 5.26. The van der Waals surface area contributed by atoms with E-state index in [2.05, 4.69) is 50.2 Å². The molecule has 0 aliphatic rings. The standard InChI is InChI=1S/C12H22N2S/c1-5-13-8-11-6-7-12(15-11)9-14(4)10(2)3/h6-7,10,13H,5,8-9H2,1-4H3. The second-order valence-electron chi connectivity index (χ2n) is 4.16. The molecule has 3 heteroatoms. The van der Waals surface area contributed by atoms with Crippen molar-refractivity contribution in [2.75, 3.05) is 13.6 Å². The van der Waals surface area contributed by atoms with E-state index >= 15 is 0 Å². The highest BCUT2D eigenvalue weighted by atomic mass is 32.1. The van der Waals surface area contributed by atoms with Crippen molar-refractivity contribution in [1.82, 2.24) is 10.2 Å². The minimum Gasteiger partial charge on any atom is -0.312 e. The molecule has 86 valence electrons. The van der Waals surface area contributed by atoms with Gasteiger partial charge in [0.25, 0.3) is 0 Å². The minimum atomic E-state index is 0.615. The van der Waals surface area contributed by atoms with Gasteiger partial charge in [-0.25, -0.2) is 0 Å². The number of hydrogen-bond acceptors (Lipinski definition) is 3. The second-order valence-corrected chi connectivity index (χ2v) is 5.41. The highest BCUT2D eigenvalue weighted by Gasteiger charge is 2.06. The van der Waals surface area contributed by atoms with Crippen LogP contribution in [0.4, 0.5) is 0 Å². The van der Waals surface area contributed by atoms with Crippen LogP contribution < -0.4 is 5.32 Å². The Morgan fingerprint density at radius 2 is 2.00 bits per heavy atom. The summed E-state index contributed by atoms with van der Waals surface area (Å²) in [5.74, 6) is 0. The van der Waals surface area contributed by atoms with Gasteiger partial charge in [0.15, 0.2) is 0 Å². The third kappa shape index (κ3) is 4.33. The van der Waals surface area contributed by atoms with E-state index in [1.165, 1.54) is 9.75 Å². The van der Waals surface area contributed by atoms with Crippen molar-refractivity contribution < 1.29 is 0 Å². The predicted molar refractivity (Wildman–Crippen MR) is 68.3 cm³/mol. The first-order valence-electron chi connectivity index (χ1n) is 5.62. The van der Waals surface area contributed by atoms with Crippen LogP contribution in [0.15, 0.2) is 12.1 Å². The highest BCUT2D eigenvalue weighted by molar-refractivity contribution is 7.11. The van der Waals surface area contributed by atoms with Crippen LogP contribution in [0.1, 0.15) is 30.5 Å². The summed E-state index contributed by atoms with van der Waals surface area (Å²) >= 11 is 1.91. The fraction of sp³-hybridized carbons (Fsp3) is 0.667. The third-order valence-corrected chi connectivity index (χ3v) is 3.62. The zero-order valence-electron chi connectivity index (χ0n) is 10.2. The average Bonchev–Trinajstić information content (AvgIpc) is 2.62. The molecule has 15 heavy (non-hydrogen) atoms. The lowest BCUT2D eigenvalue weighted by molar-refractivity contribution is 0.268. The zero-order chi connectivity index (χ0) is 11.3. The summed E-state index contributed by atoms with van der Waals surface area (Å²) in [5.41, 5.74) is 0. The molecular weight excluding hydrogens is 204 g/mol. The van der Waals surface area contributed by atoms with Crippen molar-refractivity contribution in [3.63, 3.8) is 0 Å². The first-order chi connectivity index (χ1) is 7.13. The molecule has 0 amide bonds. The molecule has 1 rings (SSSR count). The summed E-state index contributed by atoms with van der Waals surface area (Å²) in [6.45, 7) is 9.71. The second kappa shape index (κ2) is 6.26. The molecule has 1 aromatic rings. The Bertz CT molecular complexity index is 281. The molecule has 0 radical (unpaired) electrons. The van der Waals surface area contributed by atoms with Crippen LogP contribution in [0.5, 0.6) is 0 Å². The summed E-state index contributed by atoms with van der Waals surface area (Å²) in [5, 5.41) is 3.35. The molecule has 0 atom stereocenters. The molecule has 0 aromatic carbocycles. The quantitative estimate of drug-likeness (QED) is 0.802. The lowest BCUT2D eigenvalue weighted by Crippen LogP contribution is -2.25. The van der Waals surface area contributed by atoms with E-state index < -0.39 is 0 Å². The molecular formula is C12H22N2S. The van der Waals surface area contributed by atoms with Crippen LogP contribution in [0.3, 0.4) is 0 Å². The van der Waals surface area contributed by atoms with Gasteiger partial charge in [0.05, 0.1) is 0 Å². The number of nitrogens with zero attached hydrogens (tertiary/aromatic N) is 1. The maximum atomic E-state index is 3.35. The van der Waals surface area contributed by atoms with Crippen LogP contribution in [0, 0.1) is 0 Å². The Morgan fingerprint density at radius 3 is 2.60 bits per heavy atom. The molecule has 1 aromatic heterocycles. The van der Waals surface area contributed by atoms with Crippen molar-refractivity contribution in [3.8, 4) is 0 Å². The molecule has 0 unspecified atom stereocenters. The smallest absolute Gasteiger partial charge is 0.0327 e. The fourth-order valence-corrected chi connectivity index (χ4v) is 2.33. The molecule has 2 nitrogen and oxygen atoms in total. The molecule has 0 aliphatic heterocycles. The van der Waals surface area contributed by atoms with Gasteiger partial charge in [-0.05, 0) is 39.6 Å². The molecule has 1 heterocycles. The number of rotatable bonds is 6. The fourth-order valence-electron chi connectivity index (χ4n) is 1.28. The average molecular weight is 226 g/mol. The van der Waals surface area contributed by atoms with Crippen molar-refractivity contribution in [1.29, 1.82) is 0 Å². The van der Waals surface area contributed by atoms with Crippen LogP contribution in [0.25, 0.3) is 0 Å². The van der Waals surface area contributed by atoms with Crippen molar-refractivity contribution in [2.24, 2.45) is 0 Å². The van der Waals surface area contributed by atoms with Gasteiger partial charge < -0.3 is 5.32 Å². The zero-order valence-corrected chi connectivity index (χ0v) is 11.0. The van der Waals surface area contributed by atoms with E-state index in [0.717, 1.165) is 19.6 Å². The molecule has 0 spiro atoms. The van der Waals surface area contributed by atoms with Gasteiger partial charge in [-0.3, -0.25) is 4.90 Å². The van der Waals surface area contributed by atoms with E-state index in [1.807, 2.05) is 11.3 Å². The summed E-state index contributed by atoms with van der Waals surface area (Å²) < 4.78 is 0. The number of nitrogens with one attached hydrogen (secondary N) is 1. The Hall–Kier alpha value is -0.380. The number of thiophene rings is 1. The van der Waals surface area contributed by atoms with Gasteiger partial charge in [-0.1, -0.05) is 6.92 Å². The van der Waals surface area contributed by atoms with E-state index in [4.69, 9.17) is 0 Å². The Morgan fingerprint density at radius 1 is 1.33 bits per heavy atom. The molecule has 0 fully saturated rings. The SMILES string of the molecule is CCNCc1ccc(CN(C)C(C)C)s1. The summed E-state index contributed by atoms with van der Waals surface area (Å²) in [6.07, 6.45) is 0.